The summed E-state index contributed by atoms with van der Waals surface area (Å²) < 4.78 is 11.6. The molecule has 0 saturated carbocycles. The molecule has 1 amide bonds. The van der Waals surface area contributed by atoms with E-state index in [1.54, 1.807) is 18.2 Å². The van der Waals surface area contributed by atoms with Crippen LogP contribution in [0.3, 0.4) is 0 Å². The van der Waals surface area contributed by atoms with Crippen molar-refractivity contribution in [3.8, 4) is 11.5 Å². The Hall–Kier alpha value is -3.35. The van der Waals surface area contributed by atoms with E-state index in [9.17, 15) is 9.59 Å². The summed E-state index contributed by atoms with van der Waals surface area (Å²) in [5.41, 5.74) is 1.37. The summed E-state index contributed by atoms with van der Waals surface area (Å²) in [6, 6.07) is 12.7. The van der Waals surface area contributed by atoms with Gasteiger partial charge >= 0.3 is 0 Å². The molecule has 1 heterocycles. The molecule has 0 aliphatic heterocycles. The molecule has 0 fully saturated rings. The first-order valence-electron chi connectivity index (χ1n) is 11.2. The number of nitrogens with one attached hydrogen (secondary N) is 2. The monoisotopic (exact) mass is 437 g/mol. The first-order valence-corrected chi connectivity index (χ1v) is 11.2. The van der Waals surface area contributed by atoms with E-state index in [-0.39, 0.29) is 23.9 Å². The molecule has 0 aliphatic carbocycles. The third kappa shape index (κ3) is 6.09. The van der Waals surface area contributed by atoms with E-state index in [4.69, 9.17) is 9.47 Å². The second-order valence-electron chi connectivity index (χ2n) is 7.72. The average molecular weight is 438 g/mol. The Balaban J connectivity index is 1.63. The number of aryl methyl sites for hydroxylation is 1. The van der Waals surface area contributed by atoms with E-state index >= 15 is 0 Å². The average Bonchev–Trinajstić information content (AvgIpc) is 2.80. The number of carbonyl (C=O) groups is 1. The predicted molar refractivity (Wildman–Crippen MR) is 125 cm³/mol. The van der Waals surface area contributed by atoms with Crippen LogP contribution in [0.4, 0.5) is 0 Å². The van der Waals surface area contributed by atoms with E-state index in [0.717, 1.165) is 18.4 Å². The smallest absolute Gasteiger partial charge is 0.258 e. The Bertz CT molecular complexity index is 1110. The van der Waals surface area contributed by atoms with Gasteiger partial charge in [-0.3, -0.25) is 9.59 Å². The lowest BCUT2D eigenvalue weighted by atomic mass is 10.1. The zero-order valence-corrected chi connectivity index (χ0v) is 18.9. The normalized spacial score (nSPS) is 11.8. The van der Waals surface area contributed by atoms with Crippen molar-refractivity contribution < 1.29 is 14.3 Å². The highest BCUT2D eigenvalue weighted by Crippen LogP contribution is 2.31. The van der Waals surface area contributed by atoms with Crippen molar-refractivity contribution in [2.75, 3.05) is 13.2 Å². The van der Waals surface area contributed by atoms with Crippen LogP contribution in [0.15, 0.2) is 47.3 Å². The molecule has 1 atom stereocenters. The first-order chi connectivity index (χ1) is 15.5. The van der Waals surface area contributed by atoms with Crippen LogP contribution in [0, 0.1) is 0 Å². The zero-order valence-electron chi connectivity index (χ0n) is 18.9. The largest absolute Gasteiger partial charge is 0.490 e. The van der Waals surface area contributed by atoms with Crippen molar-refractivity contribution in [3.63, 3.8) is 0 Å². The molecule has 7 heteroatoms. The first kappa shape index (κ1) is 23.3. The molecule has 7 nitrogen and oxygen atoms in total. The molecular weight excluding hydrogens is 406 g/mol. The molecule has 0 radical (unpaired) electrons. The molecule has 32 heavy (non-hydrogen) atoms. The number of ether oxygens (including phenoxy) is 2. The van der Waals surface area contributed by atoms with Crippen molar-refractivity contribution in [1.82, 2.24) is 15.3 Å². The van der Waals surface area contributed by atoms with E-state index in [0.29, 0.717) is 47.9 Å². The maximum absolute atomic E-state index is 12.5. The Kier molecular flexibility index (Phi) is 8.25. The van der Waals surface area contributed by atoms with Crippen LogP contribution in [-0.4, -0.2) is 29.1 Å². The van der Waals surface area contributed by atoms with Gasteiger partial charge in [-0.15, -0.1) is 0 Å². The number of aromatic nitrogens is 2. The Morgan fingerprint density at radius 1 is 1.06 bits per heavy atom. The summed E-state index contributed by atoms with van der Waals surface area (Å²) in [5.74, 6) is 1.80. The minimum Gasteiger partial charge on any atom is -0.490 e. The van der Waals surface area contributed by atoms with Gasteiger partial charge in [-0.05, 0) is 49.6 Å². The molecule has 0 aliphatic rings. The predicted octanol–water partition coefficient (Wildman–Crippen LogP) is 4.31. The maximum atomic E-state index is 12.5. The highest BCUT2D eigenvalue weighted by Gasteiger charge is 2.14. The second kappa shape index (κ2) is 11.3. The molecule has 0 spiro atoms. The minimum absolute atomic E-state index is 0.115. The number of carbonyl (C=O) groups excluding carboxylic acids is 1. The van der Waals surface area contributed by atoms with Crippen molar-refractivity contribution >= 4 is 16.8 Å². The maximum Gasteiger partial charge on any atom is 0.258 e. The topological polar surface area (TPSA) is 93.3 Å². The standard InChI is InChI=1S/C25H31N3O4/c1-4-14-31-21-11-10-18(16-22(21)32-15-5-2)17(3)26-24(29)13-12-23-27-20-9-7-6-8-19(20)25(30)28-23/h6-11,16-17H,4-5,12-15H2,1-3H3,(H,26,29)(H,27,28,30). The summed E-state index contributed by atoms with van der Waals surface area (Å²) in [7, 11) is 0. The van der Waals surface area contributed by atoms with Crippen LogP contribution in [0.25, 0.3) is 10.9 Å². The lowest BCUT2D eigenvalue weighted by Gasteiger charge is -2.18. The van der Waals surface area contributed by atoms with E-state index < -0.39 is 0 Å². The molecule has 0 bridgehead atoms. The number of fused-ring (bicyclic) bond motifs is 1. The quantitative estimate of drug-likeness (QED) is 0.466. The zero-order chi connectivity index (χ0) is 22.9. The Morgan fingerprint density at radius 3 is 2.53 bits per heavy atom. The van der Waals surface area contributed by atoms with Crippen LogP contribution >= 0.6 is 0 Å². The fraction of sp³-hybridized carbons (Fsp3) is 0.400. The Morgan fingerprint density at radius 2 is 1.78 bits per heavy atom. The molecule has 170 valence electrons. The lowest BCUT2D eigenvalue weighted by molar-refractivity contribution is -0.121. The molecular formula is C25H31N3O4. The van der Waals surface area contributed by atoms with Gasteiger partial charge < -0.3 is 19.8 Å². The molecule has 0 saturated heterocycles. The lowest BCUT2D eigenvalue weighted by Crippen LogP contribution is -2.27. The summed E-state index contributed by atoms with van der Waals surface area (Å²) in [6.45, 7) is 7.26. The summed E-state index contributed by atoms with van der Waals surface area (Å²) >= 11 is 0. The van der Waals surface area contributed by atoms with Crippen molar-refractivity contribution in [2.24, 2.45) is 0 Å². The van der Waals surface area contributed by atoms with Gasteiger partial charge in [0.05, 0.1) is 30.2 Å². The second-order valence-corrected chi connectivity index (χ2v) is 7.72. The van der Waals surface area contributed by atoms with Gasteiger partial charge in [0.1, 0.15) is 5.82 Å². The fourth-order valence-corrected chi connectivity index (χ4v) is 3.33. The van der Waals surface area contributed by atoms with Gasteiger partial charge in [0.15, 0.2) is 11.5 Å². The number of para-hydroxylation sites is 1. The number of aromatic amines is 1. The van der Waals surface area contributed by atoms with E-state index in [2.05, 4.69) is 29.1 Å². The van der Waals surface area contributed by atoms with Crippen molar-refractivity contribution in [1.29, 1.82) is 0 Å². The van der Waals surface area contributed by atoms with Gasteiger partial charge in [-0.2, -0.15) is 0 Å². The van der Waals surface area contributed by atoms with Crippen LogP contribution < -0.4 is 20.3 Å². The number of H-pyrrole nitrogens is 1. The highest BCUT2D eigenvalue weighted by molar-refractivity contribution is 5.78. The minimum atomic E-state index is -0.199. The molecule has 1 aromatic heterocycles. The van der Waals surface area contributed by atoms with Crippen LogP contribution in [0.2, 0.25) is 0 Å². The fourth-order valence-electron chi connectivity index (χ4n) is 3.33. The van der Waals surface area contributed by atoms with E-state index in [1.807, 2.05) is 31.2 Å². The van der Waals surface area contributed by atoms with Gasteiger partial charge in [0, 0.05) is 12.8 Å². The molecule has 3 aromatic rings. The number of benzene rings is 2. The molecule has 1 unspecified atom stereocenters. The molecule has 3 rings (SSSR count). The molecule has 2 aromatic carbocycles. The SMILES string of the molecule is CCCOc1ccc(C(C)NC(=O)CCc2nc3ccccc3c(=O)[nH]2)cc1OCCC. The summed E-state index contributed by atoms with van der Waals surface area (Å²) in [6.07, 6.45) is 2.39. The number of nitrogens with zero attached hydrogens (tertiary/aromatic N) is 1. The summed E-state index contributed by atoms with van der Waals surface area (Å²) in [4.78, 5) is 31.9. The Labute approximate surface area is 188 Å². The number of hydrogen-bond donors (Lipinski definition) is 2. The third-order valence-electron chi connectivity index (χ3n) is 5.02. The number of amides is 1. The number of hydrogen-bond acceptors (Lipinski definition) is 5. The summed E-state index contributed by atoms with van der Waals surface area (Å²) in [5, 5.41) is 3.55. The number of rotatable bonds is 11. The van der Waals surface area contributed by atoms with Crippen LogP contribution in [0.5, 0.6) is 11.5 Å². The third-order valence-corrected chi connectivity index (χ3v) is 5.02. The molecule has 2 N–H and O–H groups in total. The van der Waals surface area contributed by atoms with Crippen LogP contribution in [-0.2, 0) is 11.2 Å². The van der Waals surface area contributed by atoms with Gasteiger partial charge in [0.25, 0.3) is 5.56 Å². The van der Waals surface area contributed by atoms with E-state index in [1.165, 1.54) is 0 Å². The van der Waals surface area contributed by atoms with Crippen LogP contribution in [0.1, 0.15) is 57.5 Å². The highest BCUT2D eigenvalue weighted by atomic mass is 16.5. The van der Waals surface area contributed by atoms with Gasteiger partial charge in [-0.1, -0.05) is 32.0 Å². The van der Waals surface area contributed by atoms with Gasteiger partial charge in [0.2, 0.25) is 5.91 Å². The van der Waals surface area contributed by atoms with Crippen molar-refractivity contribution in [2.45, 2.75) is 52.5 Å². The van der Waals surface area contributed by atoms with Gasteiger partial charge in [-0.25, -0.2) is 4.98 Å². The van der Waals surface area contributed by atoms with Crippen molar-refractivity contribution in [3.05, 3.63) is 64.2 Å².